The molecule has 7 heteroatoms. The third-order valence-electron chi connectivity index (χ3n) is 4.03. The molecule has 1 unspecified atom stereocenters. The number of nitrogens with zero attached hydrogens (tertiary/aromatic N) is 2. The number of ether oxygens (including phenoxy) is 1. The topological polar surface area (TPSA) is 63.0 Å². The van der Waals surface area contributed by atoms with Crippen LogP contribution in [0.25, 0.3) is 10.9 Å². The van der Waals surface area contributed by atoms with Gasteiger partial charge in [0.25, 0.3) is 0 Å². The van der Waals surface area contributed by atoms with Gasteiger partial charge in [0.1, 0.15) is 21.8 Å². The van der Waals surface area contributed by atoms with Crippen LogP contribution in [-0.4, -0.2) is 16.3 Å². The van der Waals surface area contributed by atoms with E-state index < -0.39 is 10.0 Å². The number of benzene rings is 3. The molecule has 0 aliphatic carbocycles. The minimum Gasteiger partial charge on any atom is -0.497 e. The van der Waals surface area contributed by atoms with E-state index in [9.17, 15) is 4.21 Å². The molecule has 1 aromatic heterocycles. The van der Waals surface area contributed by atoms with Gasteiger partial charge in [-0.2, -0.15) is 5.26 Å². The zero-order valence-electron chi connectivity index (χ0n) is 17.0. The fraction of sp³-hybridized carbons (Fsp3) is 0.0400. The van der Waals surface area contributed by atoms with Crippen molar-refractivity contribution in [3.05, 3.63) is 101 Å². The van der Waals surface area contributed by atoms with Gasteiger partial charge in [0.05, 0.1) is 28.1 Å². The number of hydrogen-bond donors (Lipinski definition) is 0. The molecule has 0 N–H and O–H groups in total. The number of pyridine rings is 1. The quantitative estimate of drug-likeness (QED) is 0.246. The van der Waals surface area contributed by atoms with Crippen LogP contribution in [0, 0.1) is 23.7 Å². The van der Waals surface area contributed by atoms with Crippen LogP contribution in [0.5, 0.6) is 5.75 Å². The third-order valence-corrected chi connectivity index (χ3v) is 5.52. The first-order valence-electron chi connectivity index (χ1n) is 9.17. The van der Waals surface area contributed by atoms with E-state index in [1.165, 1.54) is 0 Å². The SMILES string of the molecule is C#Cc1ccccc1.COc1ccc(S(=O)Cl)cc1.N#Cc1c(Cl)ccc2ncccc12. The second-order valence-electron chi connectivity index (χ2n) is 6.01. The smallest absolute Gasteiger partial charge is 0.147 e. The maximum atomic E-state index is 10.7. The molecule has 3 aromatic carbocycles. The largest absolute Gasteiger partial charge is 0.497 e. The summed E-state index contributed by atoms with van der Waals surface area (Å²) >= 11 is 5.85. The molecule has 0 radical (unpaired) electrons. The predicted octanol–water partition coefficient (Wildman–Crippen LogP) is 6.38. The number of methoxy groups -OCH3 is 1. The maximum Gasteiger partial charge on any atom is 0.147 e. The summed E-state index contributed by atoms with van der Waals surface area (Å²) in [5.41, 5.74) is 2.23. The van der Waals surface area contributed by atoms with Gasteiger partial charge in [-0.15, -0.1) is 6.42 Å². The van der Waals surface area contributed by atoms with Crippen molar-refractivity contribution in [2.45, 2.75) is 4.90 Å². The Bertz CT molecular complexity index is 1270. The standard InChI is InChI=1S/C10H5ClN2.C8H6.C7H7ClO2S/c11-9-3-4-10-7(8(9)6-12)2-1-5-13-10;1-2-8-6-4-3-5-7-8;1-10-6-2-4-7(5-3-6)11(8)9/h1-5H;1,3-7H;2-5H,1H3. The predicted molar refractivity (Wildman–Crippen MR) is 131 cm³/mol. The van der Waals surface area contributed by atoms with E-state index in [0.717, 1.165) is 22.2 Å². The minimum absolute atomic E-state index is 0.475. The van der Waals surface area contributed by atoms with Crippen molar-refractivity contribution in [1.29, 1.82) is 5.26 Å². The Kier molecular flexibility index (Phi) is 10.2. The fourth-order valence-electron chi connectivity index (χ4n) is 2.46. The van der Waals surface area contributed by atoms with Gasteiger partial charge in [-0.3, -0.25) is 4.98 Å². The lowest BCUT2D eigenvalue weighted by Gasteiger charge is -1.99. The zero-order valence-corrected chi connectivity index (χ0v) is 19.4. The minimum atomic E-state index is -1.42. The number of nitriles is 1. The van der Waals surface area contributed by atoms with Gasteiger partial charge < -0.3 is 4.74 Å². The van der Waals surface area contributed by atoms with Crippen molar-refractivity contribution >= 4 is 43.2 Å². The molecule has 4 aromatic rings. The summed E-state index contributed by atoms with van der Waals surface area (Å²) in [5, 5.41) is 10.1. The van der Waals surface area contributed by atoms with Gasteiger partial charge in [-0.1, -0.05) is 35.7 Å². The molecule has 4 rings (SSSR count). The van der Waals surface area contributed by atoms with E-state index in [2.05, 4.69) is 17.0 Å². The Morgan fingerprint density at radius 1 is 1.00 bits per heavy atom. The number of terminal acetylenes is 1. The molecule has 4 nitrogen and oxygen atoms in total. The van der Waals surface area contributed by atoms with Crippen LogP contribution in [0.1, 0.15) is 11.1 Å². The number of fused-ring (bicyclic) bond motifs is 1. The Morgan fingerprint density at radius 2 is 1.69 bits per heavy atom. The molecule has 160 valence electrons. The summed E-state index contributed by atoms with van der Waals surface area (Å²) < 4.78 is 15.6. The molecule has 0 amide bonds. The maximum absolute atomic E-state index is 10.7. The molecule has 0 spiro atoms. The van der Waals surface area contributed by atoms with Crippen LogP contribution >= 0.6 is 22.3 Å². The molecule has 0 bridgehead atoms. The van der Waals surface area contributed by atoms with Crippen molar-refractivity contribution in [2.75, 3.05) is 7.11 Å². The first kappa shape index (κ1) is 24.9. The van der Waals surface area contributed by atoms with Crippen molar-refractivity contribution < 1.29 is 8.95 Å². The van der Waals surface area contributed by atoms with Gasteiger partial charge in [0.15, 0.2) is 0 Å². The number of halogens is 2. The van der Waals surface area contributed by atoms with E-state index in [4.69, 9.17) is 38.7 Å². The van der Waals surface area contributed by atoms with E-state index in [1.54, 1.807) is 55.8 Å². The van der Waals surface area contributed by atoms with Crippen molar-refractivity contribution in [2.24, 2.45) is 0 Å². The lowest BCUT2D eigenvalue weighted by molar-refractivity contribution is 0.414. The van der Waals surface area contributed by atoms with Gasteiger partial charge in [0.2, 0.25) is 0 Å². The van der Waals surface area contributed by atoms with Gasteiger partial charge in [-0.05, 0) is 71.3 Å². The highest BCUT2D eigenvalue weighted by molar-refractivity contribution is 8.08. The molecule has 0 saturated heterocycles. The van der Waals surface area contributed by atoms with Crippen LogP contribution in [0.15, 0.2) is 90.0 Å². The first-order valence-corrected chi connectivity index (χ1v) is 11.5. The summed E-state index contributed by atoms with van der Waals surface area (Å²) in [6, 6.07) is 25.6. The summed E-state index contributed by atoms with van der Waals surface area (Å²) in [4.78, 5) is 4.71. The Morgan fingerprint density at radius 3 is 2.22 bits per heavy atom. The molecule has 32 heavy (non-hydrogen) atoms. The zero-order chi connectivity index (χ0) is 23.3. The fourth-order valence-corrected chi connectivity index (χ4v) is 3.32. The Hall–Kier alpha value is -3.35. The first-order chi connectivity index (χ1) is 15.5. The normalized spacial score (nSPS) is 10.3. The Balaban J connectivity index is 0.000000175. The highest BCUT2D eigenvalue weighted by Gasteiger charge is 2.04. The van der Waals surface area contributed by atoms with Crippen LogP contribution < -0.4 is 4.74 Å². The molecule has 0 aliphatic rings. The third kappa shape index (κ3) is 7.41. The van der Waals surface area contributed by atoms with Gasteiger partial charge in [0, 0.05) is 17.1 Å². The van der Waals surface area contributed by atoms with Gasteiger partial charge in [-0.25, -0.2) is 4.21 Å². The van der Waals surface area contributed by atoms with E-state index in [0.29, 0.717) is 15.5 Å². The highest BCUT2D eigenvalue weighted by atomic mass is 35.7. The summed E-state index contributed by atoms with van der Waals surface area (Å²) in [5.74, 6) is 3.26. The highest BCUT2D eigenvalue weighted by Crippen LogP contribution is 2.23. The number of aromatic nitrogens is 1. The van der Waals surface area contributed by atoms with E-state index in [-0.39, 0.29) is 0 Å². The number of rotatable bonds is 2. The molecule has 0 aliphatic heterocycles. The summed E-state index contributed by atoms with van der Waals surface area (Å²) in [6.45, 7) is 0. The number of hydrogen-bond acceptors (Lipinski definition) is 4. The summed E-state index contributed by atoms with van der Waals surface area (Å²) in [6.07, 6.45) is 6.79. The van der Waals surface area contributed by atoms with Crippen molar-refractivity contribution in [3.63, 3.8) is 0 Å². The molecular formula is C25H18Cl2N2O2S. The van der Waals surface area contributed by atoms with E-state index >= 15 is 0 Å². The monoisotopic (exact) mass is 480 g/mol. The van der Waals surface area contributed by atoms with Crippen LogP contribution in [0.2, 0.25) is 5.02 Å². The molecule has 0 fully saturated rings. The van der Waals surface area contributed by atoms with Crippen LogP contribution in [0.4, 0.5) is 0 Å². The average molecular weight is 481 g/mol. The van der Waals surface area contributed by atoms with Crippen molar-refractivity contribution in [1.82, 2.24) is 4.98 Å². The van der Waals surface area contributed by atoms with Crippen LogP contribution in [0.3, 0.4) is 0 Å². The Labute approximate surface area is 199 Å². The van der Waals surface area contributed by atoms with Crippen LogP contribution in [-0.2, 0) is 10.0 Å². The second-order valence-corrected chi connectivity index (χ2v) is 8.18. The molecule has 1 heterocycles. The van der Waals surface area contributed by atoms with Crippen molar-refractivity contribution in [3.8, 4) is 24.2 Å². The molecular weight excluding hydrogens is 463 g/mol. The average Bonchev–Trinajstić information content (AvgIpc) is 2.85. The second kappa shape index (κ2) is 13.1. The molecule has 1 atom stereocenters. The summed E-state index contributed by atoms with van der Waals surface area (Å²) in [7, 11) is 5.48. The van der Waals surface area contributed by atoms with E-state index in [1.807, 2.05) is 36.4 Å². The lowest BCUT2D eigenvalue weighted by Crippen LogP contribution is -1.84. The lowest BCUT2D eigenvalue weighted by atomic mass is 10.1. The molecule has 0 saturated carbocycles. The van der Waals surface area contributed by atoms with Gasteiger partial charge >= 0.3 is 0 Å².